The first-order valence-corrected chi connectivity index (χ1v) is 7.47. The molecule has 0 unspecified atom stereocenters. The predicted octanol–water partition coefficient (Wildman–Crippen LogP) is 3.34. The molecule has 0 spiro atoms. The molecule has 0 amide bonds. The van der Waals surface area contributed by atoms with Gasteiger partial charge in [0.05, 0.1) is 16.4 Å². The molecule has 0 aliphatic heterocycles. The van der Waals surface area contributed by atoms with E-state index in [9.17, 15) is 4.79 Å². The molecule has 1 heterocycles. The topological polar surface area (TPSA) is 44.1 Å². The van der Waals surface area contributed by atoms with Gasteiger partial charge in [-0.25, -0.2) is 0 Å². The number of ether oxygens (including phenoxy) is 1. The number of nitrogens with zero attached hydrogens (tertiary/aromatic N) is 2. The third kappa shape index (κ3) is 2.44. The van der Waals surface area contributed by atoms with Gasteiger partial charge in [-0.2, -0.15) is 5.10 Å². The van der Waals surface area contributed by atoms with Crippen LogP contribution in [0.4, 0.5) is 0 Å². The van der Waals surface area contributed by atoms with Gasteiger partial charge >= 0.3 is 0 Å². The Bertz CT molecular complexity index is 707. The third-order valence-electron chi connectivity index (χ3n) is 3.90. The number of fused-ring (bicyclic) bond motifs is 1. The molecule has 4 nitrogen and oxygen atoms in total. The molecule has 5 heteroatoms. The Morgan fingerprint density at radius 3 is 2.90 bits per heavy atom. The van der Waals surface area contributed by atoms with E-state index in [4.69, 9.17) is 16.3 Å². The second-order valence-electron chi connectivity index (χ2n) is 5.18. The van der Waals surface area contributed by atoms with Crippen molar-refractivity contribution >= 4 is 17.4 Å². The van der Waals surface area contributed by atoms with Gasteiger partial charge in [-0.15, -0.1) is 0 Å². The zero-order chi connectivity index (χ0) is 15.0. The van der Waals surface area contributed by atoms with Crippen LogP contribution in [0, 0.1) is 0 Å². The van der Waals surface area contributed by atoms with Crippen LogP contribution in [0.1, 0.15) is 40.7 Å². The summed E-state index contributed by atoms with van der Waals surface area (Å²) in [5.41, 5.74) is 3.54. The Kier molecular flexibility index (Phi) is 3.72. The first-order chi connectivity index (χ1) is 10.1. The van der Waals surface area contributed by atoms with Gasteiger partial charge in [0.25, 0.3) is 0 Å². The van der Waals surface area contributed by atoms with Crippen LogP contribution in [0.5, 0.6) is 5.75 Å². The maximum absolute atomic E-state index is 11.8. The molecule has 0 N–H and O–H groups in total. The van der Waals surface area contributed by atoms with Crippen LogP contribution in [0.15, 0.2) is 18.2 Å². The van der Waals surface area contributed by atoms with Crippen molar-refractivity contribution < 1.29 is 9.53 Å². The van der Waals surface area contributed by atoms with Crippen LogP contribution in [0.3, 0.4) is 0 Å². The SMILES string of the molecule is CCc1nn(C)c(COc2cccc3c2CCC3=O)c1Cl. The molecular formula is C16H17ClN2O2. The molecule has 3 rings (SSSR count). The normalized spacial score (nSPS) is 13.6. The van der Waals surface area contributed by atoms with Crippen molar-refractivity contribution in [2.24, 2.45) is 7.05 Å². The van der Waals surface area contributed by atoms with Gasteiger partial charge in [0.1, 0.15) is 12.4 Å². The van der Waals surface area contributed by atoms with E-state index in [0.717, 1.165) is 41.1 Å². The summed E-state index contributed by atoms with van der Waals surface area (Å²) in [5, 5.41) is 5.05. The number of carbonyl (C=O) groups is 1. The Morgan fingerprint density at radius 1 is 1.38 bits per heavy atom. The Labute approximate surface area is 128 Å². The first-order valence-electron chi connectivity index (χ1n) is 7.10. The molecule has 1 aromatic carbocycles. The molecular weight excluding hydrogens is 288 g/mol. The number of ketones is 1. The van der Waals surface area contributed by atoms with Crippen LogP contribution in [0.2, 0.25) is 5.02 Å². The highest BCUT2D eigenvalue weighted by Gasteiger charge is 2.23. The summed E-state index contributed by atoms with van der Waals surface area (Å²) < 4.78 is 7.66. The van der Waals surface area contributed by atoms with E-state index >= 15 is 0 Å². The minimum Gasteiger partial charge on any atom is -0.487 e. The van der Waals surface area contributed by atoms with E-state index in [2.05, 4.69) is 5.10 Å². The number of benzene rings is 1. The summed E-state index contributed by atoms with van der Waals surface area (Å²) in [4.78, 5) is 11.8. The first kappa shape index (κ1) is 14.1. The third-order valence-corrected chi connectivity index (χ3v) is 4.34. The minimum absolute atomic E-state index is 0.197. The molecule has 0 saturated heterocycles. The van der Waals surface area contributed by atoms with E-state index in [1.807, 2.05) is 32.2 Å². The van der Waals surface area contributed by atoms with Crippen LogP contribution >= 0.6 is 11.6 Å². The number of aromatic nitrogens is 2. The Hall–Kier alpha value is -1.81. The fourth-order valence-electron chi connectivity index (χ4n) is 2.72. The number of Topliss-reactive ketones (excluding diaryl/α,β-unsaturated/α-hetero) is 1. The van der Waals surface area contributed by atoms with Gasteiger partial charge < -0.3 is 4.74 Å². The van der Waals surface area contributed by atoms with Crippen LogP contribution in [-0.2, 0) is 26.5 Å². The number of halogens is 1. The smallest absolute Gasteiger partial charge is 0.163 e. The molecule has 110 valence electrons. The largest absolute Gasteiger partial charge is 0.487 e. The zero-order valence-electron chi connectivity index (χ0n) is 12.1. The summed E-state index contributed by atoms with van der Waals surface area (Å²) in [6.45, 7) is 2.38. The lowest BCUT2D eigenvalue weighted by Crippen LogP contribution is -2.05. The average molecular weight is 305 g/mol. The van der Waals surface area contributed by atoms with Crippen molar-refractivity contribution in [1.29, 1.82) is 0 Å². The summed E-state index contributed by atoms with van der Waals surface area (Å²) in [7, 11) is 1.86. The number of hydrogen-bond donors (Lipinski definition) is 0. The molecule has 0 fully saturated rings. The maximum Gasteiger partial charge on any atom is 0.163 e. The summed E-state index contributed by atoms with van der Waals surface area (Å²) >= 11 is 6.32. The monoisotopic (exact) mass is 304 g/mol. The molecule has 1 aromatic heterocycles. The Morgan fingerprint density at radius 2 is 2.19 bits per heavy atom. The predicted molar refractivity (Wildman–Crippen MR) is 81.0 cm³/mol. The standard InChI is InChI=1S/C16H17ClN2O2/c1-3-12-16(17)13(19(2)18-12)9-21-15-6-4-5-10-11(15)7-8-14(10)20/h4-6H,3,7-9H2,1-2H3. The summed E-state index contributed by atoms with van der Waals surface area (Å²) in [6.07, 6.45) is 2.12. The van der Waals surface area contributed by atoms with Crippen molar-refractivity contribution in [3.63, 3.8) is 0 Å². The van der Waals surface area contributed by atoms with Crippen LogP contribution < -0.4 is 4.74 Å². The highest BCUT2D eigenvalue weighted by atomic mass is 35.5. The van der Waals surface area contributed by atoms with E-state index in [1.165, 1.54) is 0 Å². The van der Waals surface area contributed by atoms with Gasteiger partial charge in [-0.1, -0.05) is 30.7 Å². The van der Waals surface area contributed by atoms with Gasteiger partial charge in [-0.05, 0) is 18.9 Å². The highest BCUT2D eigenvalue weighted by Crippen LogP contribution is 2.31. The summed E-state index contributed by atoms with van der Waals surface area (Å²) in [6, 6.07) is 5.63. The lowest BCUT2D eigenvalue weighted by atomic mass is 10.1. The molecule has 0 bridgehead atoms. The van der Waals surface area contributed by atoms with Crippen molar-refractivity contribution in [2.75, 3.05) is 0 Å². The van der Waals surface area contributed by atoms with Crippen LogP contribution in [-0.4, -0.2) is 15.6 Å². The van der Waals surface area contributed by atoms with E-state index in [0.29, 0.717) is 18.1 Å². The Balaban J connectivity index is 1.84. The molecule has 2 aromatic rings. The molecule has 1 aliphatic rings. The fraction of sp³-hybridized carbons (Fsp3) is 0.375. The summed E-state index contributed by atoms with van der Waals surface area (Å²) in [5.74, 6) is 0.968. The van der Waals surface area contributed by atoms with E-state index in [-0.39, 0.29) is 5.78 Å². The minimum atomic E-state index is 0.197. The quantitative estimate of drug-likeness (QED) is 0.870. The van der Waals surface area contributed by atoms with Crippen molar-refractivity contribution in [3.8, 4) is 5.75 Å². The van der Waals surface area contributed by atoms with Gasteiger partial charge in [0, 0.05) is 24.6 Å². The molecule has 0 radical (unpaired) electrons. The number of carbonyl (C=O) groups excluding carboxylic acids is 1. The molecule has 0 atom stereocenters. The van der Waals surface area contributed by atoms with Gasteiger partial charge in [0.2, 0.25) is 0 Å². The second kappa shape index (κ2) is 5.53. The highest BCUT2D eigenvalue weighted by molar-refractivity contribution is 6.31. The van der Waals surface area contributed by atoms with E-state index < -0.39 is 0 Å². The lowest BCUT2D eigenvalue weighted by Gasteiger charge is -2.10. The molecule has 21 heavy (non-hydrogen) atoms. The van der Waals surface area contributed by atoms with E-state index in [1.54, 1.807) is 4.68 Å². The van der Waals surface area contributed by atoms with Gasteiger partial charge in [0.15, 0.2) is 5.78 Å². The fourth-order valence-corrected chi connectivity index (χ4v) is 3.06. The van der Waals surface area contributed by atoms with Crippen molar-refractivity contribution in [1.82, 2.24) is 9.78 Å². The van der Waals surface area contributed by atoms with Crippen LogP contribution in [0.25, 0.3) is 0 Å². The number of rotatable bonds is 4. The molecule has 1 aliphatic carbocycles. The lowest BCUT2D eigenvalue weighted by molar-refractivity contribution is 0.0994. The number of hydrogen-bond acceptors (Lipinski definition) is 3. The average Bonchev–Trinajstić information content (AvgIpc) is 2.99. The number of aryl methyl sites for hydroxylation is 2. The second-order valence-corrected chi connectivity index (χ2v) is 5.56. The van der Waals surface area contributed by atoms with Crippen molar-refractivity contribution in [2.45, 2.75) is 32.8 Å². The van der Waals surface area contributed by atoms with Crippen molar-refractivity contribution in [3.05, 3.63) is 45.7 Å². The maximum atomic E-state index is 11.8. The molecule has 0 saturated carbocycles. The van der Waals surface area contributed by atoms with Gasteiger partial charge in [-0.3, -0.25) is 9.48 Å². The zero-order valence-corrected chi connectivity index (χ0v) is 12.9.